The number of anilines is 3. The first-order chi connectivity index (χ1) is 25.3. The Bertz CT molecular complexity index is 2670. The summed E-state index contributed by atoms with van der Waals surface area (Å²) >= 11 is 0. The average molecular weight is 653 g/mol. The molecule has 0 unspecified atom stereocenters. The van der Waals surface area contributed by atoms with Gasteiger partial charge in [0.1, 0.15) is 11.2 Å². The van der Waals surface area contributed by atoms with E-state index in [-0.39, 0.29) is 0 Å². The summed E-state index contributed by atoms with van der Waals surface area (Å²) in [5, 5.41) is 4.76. The molecule has 0 aliphatic heterocycles. The van der Waals surface area contributed by atoms with Crippen LogP contribution in [0.3, 0.4) is 0 Å². The van der Waals surface area contributed by atoms with Crippen molar-refractivity contribution in [1.82, 2.24) is 4.98 Å². The van der Waals surface area contributed by atoms with Crippen LogP contribution in [0.2, 0.25) is 0 Å². The maximum absolute atomic E-state index is 6.38. The van der Waals surface area contributed by atoms with E-state index in [1.807, 2.05) is 12.1 Å². The van der Waals surface area contributed by atoms with Crippen molar-refractivity contribution in [3.63, 3.8) is 0 Å². The number of fused-ring (bicyclic) bond motifs is 6. The molecule has 0 spiro atoms. The molecule has 2 heterocycles. The number of nitrogens with one attached hydrogen (secondary N) is 1. The Balaban J connectivity index is 1.06. The molecule has 3 nitrogen and oxygen atoms in total. The third-order valence-electron chi connectivity index (χ3n) is 10.1. The predicted molar refractivity (Wildman–Crippen MR) is 214 cm³/mol. The first kappa shape index (κ1) is 29.1. The highest BCUT2D eigenvalue weighted by Crippen LogP contribution is 2.41. The second-order valence-electron chi connectivity index (χ2n) is 13.0. The molecule has 0 saturated carbocycles. The van der Waals surface area contributed by atoms with Crippen molar-refractivity contribution in [1.29, 1.82) is 0 Å². The SMILES string of the molecule is c1ccc(-c2ccc(N(c3ccc(-c4cccc5c4[nH]c4ccccc45)cc3)c3ccc(-c4cccc5c4oc4ccccc45)cc3)cc2)cc1. The summed E-state index contributed by atoms with van der Waals surface area (Å²) in [6.07, 6.45) is 0. The second kappa shape index (κ2) is 11.9. The summed E-state index contributed by atoms with van der Waals surface area (Å²) in [5.74, 6) is 0. The fourth-order valence-electron chi connectivity index (χ4n) is 7.55. The molecular weight excluding hydrogens is 621 g/mol. The summed E-state index contributed by atoms with van der Waals surface area (Å²) in [6.45, 7) is 0. The van der Waals surface area contributed by atoms with Crippen LogP contribution in [-0.4, -0.2) is 4.98 Å². The minimum Gasteiger partial charge on any atom is -0.455 e. The van der Waals surface area contributed by atoms with Gasteiger partial charge in [0.15, 0.2) is 0 Å². The first-order valence-electron chi connectivity index (χ1n) is 17.3. The van der Waals surface area contributed by atoms with Crippen molar-refractivity contribution in [2.45, 2.75) is 0 Å². The number of aromatic nitrogens is 1. The van der Waals surface area contributed by atoms with Crippen LogP contribution in [0.25, 0.3) is 77.1 Å². The van der Waals surface area contributed by atoms with Gasteiger partial charge in [-0.3, -0.25) is 0 Å². The molecule has 1 N–H and O–H groups in total. The van der Waals surface area contributed by atoms with Gasteiger partial charge in [0, 0.05) is 55.3 Å². The summed E-state index contributed by atoms with van der Waals surface area (Å²) in [5.41, 5.74) is 14.4. The van der Waals surface area contributed by atoms with E-state index < -0.39 is 0 Å². The number of para-hydroxylation sites is 4. The maximum atomic E-state index is 6.38. The van der Waals surface area contributed by atoms with Crippen LogP contribution >= 0.6 is 0 Å². The minimum atomic E-state index is 0.908. The van der Waals surface area contributed by atoms with E-state index in [1.165, 1.54) is 33.0 Å². The highest BCUT2D eigenvalue weighted by Gasteiger charge is 2.17. The van der Waals surface area contributed by atoms with Gasteiger partial charge in [0.25, 0.3) is 0 Å². The monoisotopic (exact) mass is 652 g/mol. The van der Waals surface area contributed by atoms with Gasteiger partial charge in [-0.25, -0.2) is 0 Å². The third kappa shape index (κ3) is 4.98. The predicted octanol–water partition coefficient (Wildman–Crippen LogP) is 13.7. The van der Waals surface area contributed by atoms with Crippen molar-refractivity contribution in [3.05, 3.63) is 188 Å². The number of nitrogens with zero attached hydrogens (tertiary/aromatic N) is 1. The molecule has 0 radical (unpaired) electrons. The quantitative estimate of drug-likeness (QED) is 0.194. The molecule has 0 bridgehead atoms. The van der Waals surface area contributed by atoms with Crippen LogP contribution in [0.5, 0.6) is 0 Å². The van der Waals surface area contributed by atoms with Crippen molar-refractivity contribution in [2.24, 2.45) is 0 Å². The lowest BCUT2D eigenvalue weighted by atomic mass is 10.0. The van der Waals surface area contributed by atoms with Gasteiger partial charge in [-0.1, -0.05) is 140 Å². The zero-order chi connectivity index (χ0) is 33.7. The van der Waals surface area contributed by atoms with Gasteiger partial charge in [-0.05, 0) is 70.8 Å². The molecule has 0 fully saturated rings. The van der Waals surface area contributed by atoms with Gasteiger partial charge in [-0.15, -0.1) is 0 Å². The zero-order valence-electron chi connectivity index (χ0n) is 27.8. The van der Waals surface area contributed by atoms with Crippen LogP contribution < -0.4 is 4.90 Å². The fourth-order valence-corrected chi connectivity index (χ4v) is 7.55. The number of benzene rings is 8. The number of rotatable bonds is 6. The molecule has 10 aromatic rings. The van der Waals surface area contributed by atoms with Crippen molar-refractivity contribution in [2.75, 3.05) is 4.90 Å². The number of aromatic amines is 1. The molecule has 3 heteroatoms. The number of furan rings is 1. The smallest absolute Gasteiger partial charge is 0.143 e. The molecule has 240 valence electrons. The van der Waals surface area contributed by atoms with E-state index in [2.05, 4.69) is 186 Å². The lowest BCUT2D eigenvalue weighted by Gasteiger charge is -2.26. The first-order valence-corrected chi connectivity index (χ1v) is 17.3. The van der Waals surface area contributed by atoms with Gasteiger partial charge in [0.05, 0.1) is 5.52 Å². The van der Waals surface area contributed by atoms with E-state index in [1.54, 1.807) is 0 Å². The van der Waals surface area contributed by atoms with Gasteiger partial charge >= 0.3 is 0 Å². The summed E-state index contributed by atoms with van der Waals surface area (Å²) in [4.78, 5) is 6.00. The van der Waals surface area contributed by atoms with E-state index in [4.69, 9.17) is 4.42 Å². The molecule has 0 aliphatic carbocycles. The Labute approximate surface area is 295 Å². The van der Waals surface area contributed by atoms with Gasteiger partial charge < -0.3 is 14.3 Å². The summed E-state index contributed by atoms with van der Waals surface area (Å²) < 4.78 is 6.38. The Morgan fingerprint density at radius 1 is 0.353 bits per heavy atom. The molecule has 2 aromatic heterocycles. The summed E-state index contributed by atoms with van der Waals surface area (Å²) in [7, 11) is 0. The molecular formula is C48H32N2O. The number of H-pyrrole nitrogens is 1. The second-order valence-corrected chi connectivity index (χ2v) is 13.0. The van der Waals surface area contributed by atoms with Crippen LogP contribution in [-0.2, 0) is 0 Å². The van der Waals surface area contributed by atoms with E-state index in [9.17, 15) is 0 Å². The van der Waals surface area contributed by atoms with Crippen molar-refractivity contribution < 1.29 is 4.42 Å². The summed E-state index contributed by atoms with van der Waals surface area (Å²) in [6, 6.07) is 66.8. The number of hydrogen-bond donors (Lipinski definition) is 1. The molecule has 51 heavy (non-hydrogen) atoms. The standard InChI is InChI=1S/C48H32N2O/c1-2-10-32(11-3-1)33-20-26-36(27-21-33)50(37-28-22-34(23-29-37)39-14-8-16-43-41-12-4-6-18-45(41)49-47(39)43)38-30-24-35(25-31-38)40-15-9-17-44-42-13-5-7-19-46(42)51-48(40)44/h1-31,49H. The topological polar surface area (TPSA) is 32.2 Å². The third-order valence-corrected chi connectivity index (χ3v) is 10.1. The Morgan fingerprint density at radius 2 is 0.863 bits per heavy atom. The normalized spacial score (nSPS) is 11.5. The minimum absolute atomic E-state index is 0.908. The molecule has 0 atom stereocenters. The average Bonchev–Trinajstić information content (AvgIpc) is 3.78. The largest absolute Gasteiger partial charge is 0.455 e. The molecule has 0 saturated heterocycles. The molecule has 10 rings (SSSR count). The van der Waals surface area contributed by atoms with Crippen molar-refractivity contribution >= 4 is 60.8 Å². The van der Waals surface area contributed by atoms with Crippen LogP contribution in [0.1, 0.15) is 0 Å². The highest BCUT2D eigenvalue weighted by atomic mass is 16.3. The van der Waals surface area contributed by atoms with Gasteiger partial charge in [-0.2, -0.15) is 0 Å². The van der Waals surface area contributed by atoms with Crippen molar-refractivity contribution in [3.8, 4) is 33.4 Å². The maximum Gasteiger partial charge on any atom is 0.143 e. The van der Waals surface area contributed by atoms with E-state index in [0.29, 0.717) is 0 Å². The Morgan fingerprint density at radius 3 is 1.57 bits per heavy atom. The van der Waals surface area contributed by atoms with Crippen LogP contribution in [0.4, 0.5) is 17.1 Å². The van der Waals surface area contributed by atoms with E-state index >= 15 is 0 Å². The zero-order valence-corrected chi connectivity index (χ0v) is 27.8. The van der Waals surface area contributed by atoms with Crippen LogP contribution in [0.15, 0.2) is 192 Å². The number of hydrogen-bond acceptors (Lipinski definition) is 2. The highest BCUT2D eigenvalue weighted by molar-refractivity contribution is 6.12. The lowest BCUT2D eigenvalue weighted by Crippen LogP contribution is -2.09. The molecule has 8 aromatic carbocycles. The lowest BCUT2D eigenvalue weighted by molar-refractivity contribution is 0.670. The molecule has 0 aliphatic rings. The molecule has 0 amide bonds. The van der Waals surface area contributed by atoms with Gasteiger partial charge in [0.2, 0.25) is 0 Å². The Kier molecular flexibility index (Phi) is 6.81. The van der Waals surface area contributed by atoms with E-state index in [0.717, 1.165) is 61.2 Å². The van der Waals surface area contributed by atoms with Crippen LogP contribution in [0, 0.1) is 0 Å². The fraction of sp³-hybridized carbons (Fsp3) is 0. The Hall–Kier alpha value is -6.84.